The minimum atomic E-state index is -0.131. The summed E-state index contributed by atoms with van der Waals surface area (Å²) in [7, 11) is 1.42. The van der Waals surface area contributed by atoms with Gasteiger partial charge in [-0.05, 0) is 6.42 Å². The fourth-order valence-electron chi connectivity index (χ4n) is 0.901. The van der Waals surface area contributed by atoms with E-state index in [1.54, 1.807) is 0 Å². The van der Waals surface area contributed by atoms with Gasteiger partial charge in [-0.1, -0.05) is 19.8 Å². The first-order chi connectivity index (χ1) is 5.26. The molecule has 0 aliphatic rings. The molecule has 0 amide bonds. The predicted octanol–water partition coefficient (Wildman–Crippen LogP) is 1.90. The molecule has 0 fully saturated rings. The van der Waals surface area contributed by atoms with Crippen LogP contribution >= 0.6 is 12.6 Å². The topological polar surface area (TPSA) is 26.3 Å². The van der Waals surface area contributed by atoms with E-state index in [-0.39, 0.29) is 11.9 Å². The van der Waals surface area contributed by atoms with E-state index in [0.29, 0.717) is 5.75 Å². The van der Waals surface area contributed by atoms with Crippen LogP contribution in [0.2, 0.25) is 0 Å². The van der Waals surface area contributed by atoms with Crippen LogP contribution in [0.15, 0.2) is 0 Å². The summed E-state index contributed by atoms with van der Waals surface area (Å²) in [6.07, 6.45) is 3.08. The van der Waals surface area contributed by atoms with Gasteiger partial charge in [0.2, 0.25) is 0 Å². The molecule has 0 saturated carbocycles. The predicted molar refractivity (Wildman–Crippen MR) is 48.9 cm³/mol. The van der Waals surface area contributed by atoms with Crippen LogP contribution in [0.1, 0.15) is 26.2 Å². The van der Waals surface area contributed by atoms with E-state index in [2.05, 4.69) is 24.3 Å². The standard InChI is InChI=1S/C8H16O2S/c1-3-4-5-7(6-11)8(9)10-2/h7,11H,3-6H2,1-2H3. The van der Waals surface area contributed by atoms with Crippen LogP contribution < -0.4 is 0 Å². The fraction of sp³-hybridized carbons (Fsp3) is 0.875. The lowest BCUT2D eigenvalue weighted by Crippen LogP contribution is -2.17. The molecular formula is C8H16O2S. The zero-order chi connectivity index (χ0) is 8.69. The number of esters is 1. The molecule has 2 nitrogen and oxygen atoms in total. The van der Waals surface area contributed by atoms with Gasteiger partial charge in [0.05, 0.1) is 13.0 Å². The number of rotatable bonds is 5. The van der Waals surface area contributed by atoms with Gasteiger partial charge in [0.1, 0.15) is 0 Å². The molecule has 0 aliphatic heterocycles. The zero-order valence-electron chi connectivity index (χ0n) is 7.17. The number of unbranched alkanes of at least 4 members (excludes halogenated alkanes) is 1. The summed E-state index contributed by atoms with van der Waals surface area (Å²) in [6.45, 7) is 2.10. The number of carbonyl (C=O) groups excluding carboxylic acids is 1. The minimum Gasteiger partial charge on any atom is -0.469 e. The molecule has 0 N–H and O–H groups in total. The molecule has 0 saturated heterocycles. The molecule has 0 aromatic carbocycles. The Morgan fingerprint density at radius 1 is 1.64 bits per heavy atom. The van der Waals surface area contributed by atoms with Gasteiger partial charge in [-0.2, -0.15) is 12.6 Å². The molecule has 0 radical (unpaired) electrons. The number of hydrogen-bond donors (Lipinski definition) is 1. The normalized spacial score (nSPS) is 12.6. The Balaban J connectivity index is 3.65. The first-order valence-corrected chi connectivity index (χ1v) is 4.58. The molecule has 0 aromatic rings. The summed E-state index contributed by atoms with van der Waals surface area (Å²) in [5.41, 5.74) is 0. The summed E-state index contributed by atoms with van der Waals surface area (Å²) >= 11 is 4.08. The van der Waals surface area contributed by atoms with Crippen molar-refractivity contribution in [3.8, 4) is 0 Å². The second kappa shape index (κ2) is 6.53. The SMILES string of the molecule is CCCCC(CS)C(=O)OC. The van der Waals surface area contributed by atoms with E-state index in [4.69, 9.17) is 0 Å². The maximum absolute atomic E-state index is 11.0. The van der Waals surface area contributed by atoms with Crippen molar-refractivity contribution in [3.63, 3.8) is 0 Å². The van der Waals surface area contributed by atoms with Gasteiger partial charge in [0.25, 0.3) is 0 Å². The summed E-state index contributed by atoms with van der Waals surface area (Å²) in [5.74, 6) is 0.448. The second-order valence-electron chi connectivity index (χ2n) is 2.54. The first-order valence-electron chi connectivity index (χ1n) is 3.95. The first kappa shape index (κ1) is 10.8. The smallest absolute Gasteiger partial charge is 0.309 e. The highest BCUT2D eigenvalue weighted by Crippen LogP contribution is 2.11. The van der Waals surface area contributed by atoms with Crippen LogP contribution in [0.25, 0.3) is 0 Å². The van der Waals surface area contributed by atoms with Crippen molar-refractivity contribution in [2.75, 3.05) is 12.9 Å². The Morgan fingerprint density at radius 2 is 2.27 bits per heavy atom. The molecular weight excluding hydrogens is 160 g/mol. The Morgan fingerprint density at radius 3 is 2.64 bits per heavy atom. The molecule has 0 heterocycles. The molecule has 1 unspecified atom stereocenters. The highest BCUT2D eigenvalue weighted by molar-refractivity contribution is 7.80. The number of hydrogen-bond acceptors (Lipinski definition) is 3. The van der Waals surface area contributed by atoms with E-state index in [1.807, 2.05) is 0 Å². The van der Waals surface area contributed by atoms with E-state index in [9.17, 15) is 4.79 Å². The zero-order valence-corrected chi connectivity index (χ0v) is 8.06. The number of methoxy groups -OCH3 is 1. The molecule has 0 rings (SSSR count). The van der Waals surface area contributed by atoms with Crippen molar-refractivity contribution in [2.45, 2.75) is 26.2 Å². The van der Waals surface area contributed by atoms with E-state index >= 15 is 0 Å². The Kier molecular flexibility index (Phi) is 6.42. The molecule has 3 heteroatoms. The fourth-order valence-corrected chi connectivity index (χ4v) is 1.23. The lowest BCUT2D eigenvalue weighted by Gasteiger charge is -2.09. The van der Waals surface area contributed by atoms with Crippen molar-refractivity contribution >= 4 is 18.6 Å². The Labute approximate surface area is 73.7 Å². The highest BCUT2D eigenvalue weighted by Gasteiger charge is 2.15. The third-order valence-electron chi connectivity index (χ3n) is 1.66. The third kappa shape index (κ3) is 4.30. The van der Waals surface area contributed by atoms with Crippen molar-refractivity contribution in [1.29, 1.82) is 0 Å². The van der Waals surface area contributed by atoms with E-state index in [1.165, 1.54) is 7.11 Å². The number of carbonyl (C=O) groups is 1. The van der Waals surface area contributed by atoms with Crippen molar-refractivity contribution < 1.29 is 9.53 Å². The maximum Gasteiger partial charge on any atom is 0.309 e. The molecule has 66 valence electrons. The van der Waals surface area contributed by atoms with Crippen LogP contribution in [0.4, 0.5) is 0 Å². The molecule has 0 spiro atoms. The van der Waals surface area contributed by atoms with Gasteiger partial charge >= 0.3 is 5.97 Å². The van der Waals surface area contributed by atoms with Gasteiger partial charge in [-0.25, -0.2) is 0 Å². The van der Waals surface area contributed by atoms with Crippen LogP contribution in [0.3, 0.4) is 0 Å². The molecule has 0 aliphatic carbocycles. The van der Waals surface area contributed by atoms with Crippen molar-refractivity contribution in [1.82, 2.24) is 0 Å². The summed E-state index contributed by atoms with van der Waals surface area (Å²) < 4.78 is 4.61. The van der Waals surface area contributed by atoms with E-state index in [0.717, 1.165) is 19.3 Å². The van der Waals surface area contributed by atoms with Crippen LogP contribution in [-0.2, 0) is 9.53 Å². The van der Waals surface area contributed by atoms with E-state index < -0.39 is 0 Å². The van der Waals surface area contributed by atoms with Crippen LogP contribution in [0.5, 0.6) is 0 Å². The highest BCUT2D eigenvalue weighted by atomic mass is 32.1. The third-order valence-corrected chi connectivity index (χ3v) is 2.10. The van der Waals surface area contributed by atoms with Crippen molar-refractivity contribution in [3.05, 3.63) is 0 Å². The maximum atomic E-state index is 11.0. The minimum absolute atomic E-state index is 0.0108. The van der Waals surface area contributed by atoms with Crippen LogP contribution in [0, 0.1) is 5.92 Å². The average molecular weight is 176 g/mol. The Bertz CT molecular complexity index is 115. The van der Waals surface area contributed by atoms with Crippen LogP contribution in [-0.4, -0.2) is 18.8 Å². The van der Waals surface area contributed by atoms with Gasteiger partial charge in [-0.15, -0.1) is 0 Å². The number of ether oxygens (including phenoxy) is 1. The average Bonchev–Trinajstić information content (AvgIpc) is 2.05. The Hall–Kier alpha value is -0.180. The van der Waals surface area contributed by atoms with Gasteiger partial charge < -0.3 is 4.74 Å². The van der Waals surface area contributed by atoms with Gasteiger partial charge in [0.15, 0.2) is 0 Å². The molecule has 11 heavy (non-hydrogen) atoms. The summed E-state index contributed by atoms with van der Waals surface area (Å²) in [6, 6.07) is 0. The quantitative estimate of drug-likeness (QED) is 0.511. The number of thiol groups is 1. The summed E-state index contributed by atoms with van der Waals surface area (Å²) in [5, 5.41) is 0. The largest absolute Gasteiger partial charge is 0.469 e. The lowest BCUT2D eigenvalue weighted by molar-refractivity contribution is -0.144. The van der Waals surface area contributed by atoms with Gasteiger partial charge in [0, 0.05) is 5.75 Å². The van der Waals surface area contributed by atoms with Crippen molar-refractivity contribution in [2.24, 2.45) is 5.92 Å². The molecule has 0 aromatic heterocycles. The lowest BCUT2D eigenvalue weighted by atomic mass is 10.1. The molecule has 0 bridgehead atoms. The molecule has 1 atom stereocenters. The summed E-state index contributed by atoms with van der Waals surface area (Å²) in [4.78, 5) is 11.0. The monoisotopic (exact) mass is 176 g/mol. The second-order valence-corrected chi connectivity index (χ2v) is 2.91. The van der Waals surface area contributed by atoms with Gasteiger partial charge in [-0.3, -0.25) is 4.79 Å².